The maximum absolute atomic E-state index is 13.1. The van der Waals surface area contributed by atoms with E-state index < -0.39 is 22.0 Å². The van der Waals surface area contributed by atoms with Crippen molar-refractivity contribution in [2.45, 2.75) is 23.8 Å². The molecule has 3 rings (SSSR count). The summed E-state index contributed by atoms with van der Waals surface area (Å²) in [4.78, 5) is 23.3. The number of esters is 2. The van der Waals surface area contributed by atoms with Crippen molar-refractivity contribution in [3.8, 4) is 0 Å². The Balaban J connectivity index is 1.87. The lowest BCUT2D eigenvalue weighted by molar-refractivity contribution is 0.0578. The van der Waals surface area contributed by atoms with Gasteiger partial charge in [0.2, 0.25) is 10.0 Å². The second-order valence-corrected chi connectivity index (χ2v) is 8.11. The first-order valence-electron chi connectivity index (χ1n) is 8.40. The number of aryl methyl sites for hydroxylation is 1. The Kier molecular flexibility index (Phi) is 5.47. The van der Waals surface area contributed by atoms with Crippen LogP contribution < -0.4 is 0 Å². The SMILES string of the molecule is COC(=O)c1cn(C2CCCN(S(=O)(=O)c3cnn(C)c3C(=O)OC)C2)nn1. The number of methoxy groups -OCH3 is 2. The van der Waals surface area contributed by atoms with Crippen LogP contribution in [0.1, 0.15) is 39.9 Å². The fourth-order valence-electron chi connectivity index (χ4n) is 3.08. The minimum atomic E-state index is -3.99. The van der Waals surface area contributed by atoms with Crippen LogP contribution in [0.3, 0.4) is 0 Å². The Morgan fingerprint density at radius 2 is 1.93 bits per heavy atom. The molecule has 1 aliphatic rings. The standard InChI is InChI=1S/C15H20N6O6S/c1-19-13(15(23)27-3)12(7-16-19)28(24,25)20-6-4-5-10(8-20)21-9-11(17-18-21)14(22)26-2/h7,9-10H,4-6,8H2,1-3H3. The lowest BCUT2D eigenvalue weighted by atomic mass is 10.1. The molecular weight excluding hydrogens is 392 g/mol. The predicted molar refractivity (Wildman–Crippen MR) is 92.9 cm³/mol. The zero-order valence-corrected chi connectivity index (χ0v) is 16.4. The van der Waals surface area contributed by atoms with Gasteiger partial charge < -0.3 is 9.47 Å². The molecule has 0 bridgehead atoms. The Morgan fingerprint density at radius 1 is 1.21 bits per heavy atom. The molecule has 1 unspecified atom stereocenters. The highest BCUT2D eigenvalue weighted by Gasteiger charge is 2.36. The van der Waals surface area contributed by atoms with Gasteiger partial charge in [0.15, 0.2) is 11.4 Å². The van der Waals surface area contributed by atoms with E-state index in [0.29, 0.717) is 12.8 Å². The maximum atomic E-state index is 13.1. The number of aromatic nitrogens is 5. The van der Waals surface area contributed by atoms with Crippen molar-refractivity contribution in [2.24, 2.45) is 7.05 Å². The van der Waals surface area contributed by atoms with Gasteiger partial charge in [-0.15, -0.1) is 5.10 Å². The molecule has 2 aromatic heterocycles. The van der Waals surface area contributed by atoms with Gasteiger partial charge in [0.1, 0.15) is 4.90 Å². The van der Waals surface area contributed by atoms with Gasteiger partial charge in [-0.1, -0.05) is 5.21 Å². The second kappa shape index (κ2) is 7.67. The van der Waals surface area contributed by atoms with Crippen LogP contribution in [0.25, 0.3) is 0 Å². The molecule has 0 aromatic carbocycles. The van der Waals surface area contributed by atoms with E-state index in [-0.39, 0.29) is 35.4 Å². The number of sulfonamides is 1. The molecule has 0 saturated carbocycles. The highest BCUT2D eigenvalue weighted by molar-refractivity contribution is 7.89. The first kappa shape index (κ1) is 19.9. The van der Waals surface area contributed by atoms with Crippen molar-refractivity contribution in [1.29, 1.82) is 0 Å². The summed E-state index contributed by atoms with van der Waals surface area (Å²) in [5.74, 6) is -1.41. The summed E-state index contributed by atoms with van der Waals surface area (Å²) < 4.78 is 39.4. The molecule has 12 nitrogen and oxygen atoms in total. The Hall–Kier alpha value is -2.80. The van der Waals surface area contributed by atoms with E-state index in [1.807, 2.05) is 0 Å². The van der Waals surface area contributed by atoms with E-state index in [1.165, 1.54) is 41.1 Å². The average molecular weight is 412 g/mol. The van der Waals surface area contributed by atoms with Crippen molar-refractivity contribution in [2.75, 3.05) is 27.3 Å². The van der Waals surface area contributed by atoms with Crippen molar-refractivity contribution in [3.63, 3.8) is 0 Å². The van der Waals surface area contributed by atoms with Gasteiger partial charge in [-0.25, -0.2) is 22.7 Å². The van der Waals surface area contributed by atoms with E-state index >= 15 is 0 Å². The minimum Gasteiger partial charge on any atom is -0.464 e. The molecule has 2 aromatic rings. The third-order valence-corrected chi connectivity index (χ3v) is 6.41. The van der Waals surface area contributed by atoms with Crippen LogP contribution in [-0.2, 0) is 26.5 Å². The fourth-order valence-corrected chi connectivity index (χ4v) is 4.74. The molecule has 1 saturated heterocycles. The third kappa shape index (κ3) is 3.49. The van der Waals surface area contributed by atoms with Crippen molar-refractivity contribution >= 4 is 22.0 Å². The fraction of sp³-hybridized carbons (Fsp3) is 0.533. The number of hydrogen-bond acceptors (Lipinski definition) is 9. The topological polar surface area (TPSA) is 139 Å². The number of carbonyl (C=O) groups is 2. The molecule has 1 fully saturated rings. The number of carbonyl (C=O) groups excluding carboxylic acids is 2. The molecule has 0 N–H and O–H groups in total. The highest BCUT2D eigenvalue weighted by atomic mass is 32.2. The van der Waals surface area contributed by atoms with E-state index in [2.05, 4.69) is 24.9 Å². The normalized spacial score (nSPS) is 18.0. The smallest absolute Gasteiger partial charge is 0.360 e. The van der Waals surface area contributed by atoms with E-state index in [0.717, 1.165) is 6.20 Å². The Morgan fingerprint density at radius 3 is 2.61 bits per heavy atom. The molecular formula is C15H20N6O6S. The summed E-state index contributed by atoms with van der Waals surface area (Å²) in [6, 6.07) is -0.312. The summed E-state index contributed by atoms with van der Waals surface area (Å²) in [7, 11) is -0.108. The van der Waals surface area contributed by atoms with Gasteiger partial charge in [0.25, 0.3) is 0 Å². The van der Waals surface area contributed by atoms with Crippen LogP contribution in [0, 0.1) is 0 Å². The largest absolute Gasteiger partial charge is 0.464 e. The summed E-state index contributed by atoms with van der Waals surface area (Å²) in [6.45, 7) is 0.398. The molecule has 152 valence electrons. The average Bonchev–Trinajstić information content (AvgIpc) is 3.34. The van der Waals surface area contributed by atoms with Gasteiger partial charge in [-0.2, -0.15) is 9.40 Å². The zero-order valence-electron chi connectivity index (χ0n) is 15.6. The molecule has 0 amide bonds. The summed E-state index contributed by atoms with van der Waals surface area (Å²) >= 11 is 0. The summed E-state index contributed by atoms with van der Waals surface area (Å²) in [5.41, 5.74) is -0.0962. The maximum Gasteiger partial charge on any atom is 0.360 e. The van der Waals surface area contributed by atoms with Crippen LogP contribution in [0.15, 0.2) is 17.3 Å². The molecule has 1 atom stereocenters. The quantitative estimate of drug-likeness (QED) is 0.601. The number of nitrogens with zero attached hydrogens (tertiary/aromatic N) is 6. The number of rotatable bonds is 5. The van der Waals surface area contributed by atoms with E-state index in [1.54, 1.807) is 0 Å². The van der Waals surface area contributed by atoms with E-state index in [9.17, 15) is 18.0 Å². The monoisotopic (exact) mass is 412 g/mol. The van der Waals surface area contributed by atoms with Crippen LogP contribution >= 0.6 is 0 Å². The van der Waals surface area contributed by atoms with Crippen LogP contribution in [0.2, 0.25) is 0 Å². The molecule has 28 heavy (non-hydrogen) atoms. The number of piperidine rings is 1. The van der Waals surface area contributed by atoms with Crippen molar-refractivity contribution in [1.82, 2.24) is 29.1 Å². The second-order valence-electron chi connectivity index (χ2n) is 6.21. The molecule has 0 radical (unpaired) electrons. The van der Waals surface area contributed by atoms with Gasteiger partial charge in [-0.05, 0) is 12.8 Å². The van der Waals surface area contributed by atoms with Crippen LogP contribution in [0.5, 0.6) is 0 Å². The third-order valence-electron chi connectivity index (χ3n) is 4.54. The predicted octanol–water partition coefficient (Wildman–Crippen LogP) is -0.389. The minimum absolute atomic E-state index is 0.0442. The number of ether oxygens (including phenoxy) is 2. The van der Waals surface area contributed by atoms with Crippen LogP contribution in [-0.4, -0.2) is 76.7 Å². The summed E-state index contributed by atoms with van der Waals surface area (Å²) in [5, 5.41) is 11.6. The first-order valence-corrected chi connectivity index (χ1v) is 9.84. The highest BCUT2D eigenvalue weighted by Crippen LogP contribution is 2.28. The van der Waals surface area contributed by atoms with Gasteiger partial charge >= 0.3 is 11.9 Å². The molecule has 13 heteroatoms. The summed E-state index contributed by atoms with van der Waals surface area (Å²) in [6.07, 6.45) is 3.80. The van der Waals surface area contributed by atoms with Crippen LogP contribution in [0.4, 0.5) is 0 Å². The molecule has 3 heterocycles. The lowest BCUT2D eigenvalue weighted by Crippen LogP contribution is -2.41. The van der Waals surface area contributed by atoms with E-state index in [4.69, 9.17) is 0 Å². The first-order chi connectivity index (χ1) is 13.3. The Bertz CT molecular complexity index is 997. The van der Waals surface area contributed by atoms with Gasteiger partial charge in [-0.3, -0.25) is 4.68 Å². The van der Waals surface area contributed by atoms with Gasteiger partial charge in [0, 0.05) is 20.1 Å². The molecule has 0 spiro atoms. The molecule has 1 aliphatic heterocycles. The Labute approximate surface area is 161 Å². The zero-order chi connectivity index (χ0) is 20.5. The van der Waals surface area contributed by atoms with Crippen molar-refractivity contribution in [3.05, 3.63) is 23.8 Å². The molecule has 0 aliphatic carbocycles. The number of hydrogen-bond donors (Lipinski definition) is 0. The van der Waals surface area contributed by atoms with Gasteiger partial charge in [0.05, 0.1) is 32.7 Å². The van der Waals surface area contributed by atoms with Crippen molar-refractivity contribution < 1.29 is 27.5 Å². The lowest BCUT2D eigenvalue weighted by Gasteiger charge is -2.31.